The lowest BCUT2D eigenvalue weighted by Gasteiger charge is -2.24. The summed E-state index contributed by atoms with van der Waals surface area (Å²) in [6.45, 7) is 6.59. The van der Waals surface area contributed by atoms with Gasteiger partial charge in [0.05, 0.1) is 12.2 Å². The lowest BCUT2D eigenvalue weighted by Crippen LogP contribution is -2.38. The largest absolute Gasteiger partial charge is 0.389 e. The van der Waals surface area contributed by atoms with Gasteiger partial charge in [0.25, 0.3) is 0 Å². The van der Waals surface area contributed by atoms with Gasteiger partial charge in [-0.2, -0.15) is 13.2 Å². The molecule has 0 radical (unpaired) electrons. The number of hydrogen-bond donors (Lipinski definition) is 1. The number of rotatable bonds is 8. The molecule has 1 saturated heterocycles. The summed E-state index contributed by atoms with van der Waals surface area (Å²) in [7, 11) is 0. The number of carbonyl (C=O) groups is 1. The minimum atomic E-state index is -4.10. The Balaban J connectivity index is 2.49. The molecule has 21 heavy (non-hydrogen) atoms. The molecule has 0 saturated carbocycles. The number of unbranched alkanes of at least 4 members (excludes halogenated alkanes) is 1. The van der Waals surface area contributed by atoms with Crippen molar-refractivity contribution in [3.05, 3.63) is 0 Å². The fourth-order valence-corrected chi connectivity index (χ4v) is 2.77. The maximum Gasteiger partial charge on any atom is 0.389 e. The zero-order valence-corrected chi connectivity index (χ0v) is 13.2. The topological polar surface area (TPSA) is 32.3 Å². The normalized spacial score (nSPS) is 23.4. The highest BCUT2D eigenvalue weighted by Crippen LogP contribution is 2.24. The van der Waals surface area contributed by atoms with Crippen LogP contribution in [0.5, 0.6) is 0 Å². The molecule has 0 aliphatic carbocycles. The van der Waals surface area contributed by atoms with Crippen molar-refractivity contribution in [1.29, 1.82) is 0 Å². The van der Waals surface area contributed by atoms with Gasteiger partial charge in [-0.15, -0.1) is 0 Å². The Kier molecular flexibility index (Phi) is 6.97. The second-order valence-electron chi connectivity index (χ2n) is 6.26. The van der Waals surface area contributed by atoms with E-state index in [4.69, 9.17) is 0 Å². The van der Waals surface area contributed by atoms with E-state index in [-0.39, 0.29) is 24.5 Å². The highest BCUT2D eigenvalue weighted by molar-refractivity contribution is 5.84. The summed E-state index contributed by atoms with van der Waals surface area (Å²) < 4.78 is 36.4. The highest BCUT2D eigenvalue weighted by atomic mass is 19.4. The summed E-state index contributed by atoms with van der Waals surface area (Å²) >= 11 is 0. The van der Waals surface area contributed by atoms with Crippen LogP contribution in [0.2, 0.25) is 0 Å². The van der Waals surface area contributed by atoms with Gasteiger partial charge in [0.2, 0.25) is 5.91 Å². The van der Waals surface area contributed by atoms with Crippen molar-refractivity contribution in [3.63, 3.8) is 0 Å². The third-order valence-electron chi connectivity index (χ3n) is 3.73. The first-order valence-electron chi connectivity index (χ1n) is 7.88. The van der Waals surface area contributed by atoms with E-state index < -0.39 is 12.6 Å². The lowest BCUT2D eigenvalue weighted by atomic mass is 10.0. The van der Waals surface area contributed by atoms with Gasteiger partial charge < -0.3 is 4.90 Å². The quantitative estimate of drug-likeness (QED) is 0.694. The minimum absolute atomic E-state index is 0.0165. The molecule has 2 unspecified atom stereocenters. The predicted octanol–water partition coefficient (Wildman–Crippen LogP) is 3.69. The molecular formula is C15H27F3N2O. The summed E-state index contributed by atoms with van der Waals surface area (Å²) in [6, 6.07) is -0.177. The molecule has 1 fully saturated rings. The van der Waals surface area contributed by atoms with Crippen molar-refractivity contribution in [2.75, 3.05) is 6.54 Å². The Labute approximate surface area is 125 Å². The number of alkyl halides is 3. The van der Waals surface area contributed by atoms with Crippen LogP contribution in [0, 0.1) is 5.92 Å². The van der Waals surface area contributed by atoms with E-state index >= 15 is 0 Å². The monoisotopic (exact) mass is 308 g/mol. The van der Waals surface area contributed by atoms with E-state index in [0.29, 0.717) is 18.9 Å². The lowest BCUT2D eigenvalue weighted by molar-refractivity contribution is -0.136. The van der Waals surface area contributed by atoms with E-state index in [1.165, 1.54) is 0 Å². The van der Waals surface area contributed by atoms with Crippen molar-refractivity contribution in [2.45, 2.75) is 77.7 Å². The molecule has 0 aromatic heterocycles. The molecule has 3 nitrogen and oxygen atoms in total. The summed E-state index contributed by atoms with van der Waals surface area (Å²) in [5.74, 6) is 0.466. The molecule has 1 aliphatic heterocycles. The smallest absolute Gasteiger partial charge is 0.326 e. The van der Waals surface area contributed by atoms with Crippen molar-refractivity contribution in [1.82, 2.24) is 10.2 Å². The van der Waals surface area contributed by atoms with E-state index in [9.17, 15) is 18.0 Å². The second-order valence-corrected chi connectivity index (χ2v) is 6.26. The summed E-state index contributed by atoms with van der Waals surface area (Å²) in [5.41, 5.74) is 0. The molecule has 1 N–H and O–H groups in total. The molecule has 2 atom stereocenters. The third-order valence-corrected chi connectivity index (χ3v) is 3.73. The molecule has 124 valence electrons. The van der Waals surface area contributed by atoms with E-state index in [1.807, 2.05) is 6.92 Å². The zero-order chi connectivity index (χ0) is 16.0. The number of nitrogens with zero attached hydrogens (tertiary/aromatic N) is 1. The van der Waals surface area contributed by atoms with Crippen LogP contribution in [0.3, 0.4) is 0 Å². The molecule has 6 heteroatoms. The van der Waals surface area contributed by atoms with Gasteiger partial charge in [0.1, 0.15) is 0 Å². The average Bonchev–Trinajstić information content (AvgIpc) is 2.61. The predicted molar refractivity (Wildman–Crippen MR) is 76.7 cm³/mol. The van der Waals surface area contributed by atoms with Crippen LogP contribution in [0.4, 0.5) is 13.2 Å². The number of nitrogens with one attached hydrogen (secondary N) is 1. The molecular weight excluding hydrogens is 281 g/mol. The van der Waals surface area contributed by atoms with Gasteiger partial charge in [0.15, 0.2) is 0 Å². The van der Waals surface area contributed by atoms with Crippen molar-refractivity contribution in [3.8, 4) is 0 Å². The van der Waals surface area contributed by atoms with Gasteiger partial charge >= 0.3 is 6.18 Å². The molecule has 1 heterocycles. The van der Waals surface area contributed by atoms with Gasteiger partial charge in [-0.1, -0.05) is 27.2 Å². The highest BCUT2D eigenvalue weighted by Gasteiger charge is 2.38. The fourth-order valence-electron chi connectivity index (χ4n) is 2.77. The number of amides is 1. The Morgan fingerprint density at radius 3 is 2.48 bits per heavy atom. The molecule has 1 aliphatic rings. The first-order chi connectivity index (χ1) is 9.74. The molecule has 0 bridgehead atoms. The number of halogens is 3. The maximum atomic E-state index is 12.4. The Morgan fingerprint density at radius 1 is 1.29 bits per heavy atom. The van der Waals surface area contributed by atoms with E-state index in [0.717, 1.165) is 19.3 Å². The van der Waals surface area contributed by atoms with Crippen LogP contribution in [-0.2, 0) is 4.79 Å². The standard InChI is InChI=1S/C15H27F3N2O/c1-4-7-13-19-12(10-11(2)3)14(21)20(13)9-6-5-8-15(16,17)18/h11-13,19H,4-10H2,1-3H3. The van der Waals surface area contributed by atoms with Crippen LogP contribution < -0.4 is 5.32 Å². The third kappa shape index (κ3) is 6.24. The van der Waals surface area contributed by atoms with Crippen LogP contribution in [0.1, 0.15) is 59.3 Å². The van der Waals surface area contributed by atoms with Crippen LogP contribution >= 0.6 is 0 Å². The van der Waals surface area contributed by atoms with Gasteiger partial charge in [0, 0.05) is 13.0 Å². The first-order valence-corrected chi connectivity index (χ1v) is 7.88. The summed E-state index contributed by atoms with van der Waals surface area (Å²) in [6.07, 6.45) is -1.83. The van der Waals surface area contributed by atoms with Crippen LogP contribution in [-0.4, -0.2) is 35.7 Å². The average molecular weight is 308 g/mol. The fraction of sp³-hybridized carbons (Fsp3) is 0.933. The maximum absolute atomic E-state index is 12.4. The van der Waals surface area contributed by atoms with E-state index in [2.05, 4.69) is 19.2 Å². The molecule has 0 spiro atoms. The first kappa shape index (κ1) is 18.3. The Morgan fingerprint density at radius 2 is 1.95 bits per heavy atom. The van der Waals surface area contributed by atoms with Gasteiger partial charge in [-0.25, -0.2) is 0 Å². The van der Waals surface area contributed by atoms with Crippen LogP contribution in [0.25, 0.3) is 0 Å². The second kappa shape index (κ2) is 8.01. The summed E-state index contributed by atoms with van der Waals surface area (Å²) in [4.78, 5) is 14.1. The van der Waals surface area contributed by atoms with Gasteiger partial charge in [-0.3, -0.25) is 10.1 Å². The Hall–Kier alpha value is -0.780. The minimum Gasteiger partial charge on any atom is -0.326 e. The number of carbonyl (C=O) groups excluding carboxylic acids is 1. The Bertz CT molecular complexity index is 331. The molecule has 1 amide bonds. The van der Waals surface area contributed by atoms with E-state index in [1.54, 1.807) is 4.90 Å². The van der Waals surface area contributed by atoms with Crippen molar-refractivity contribution in [2.24, 2.45) is 5.92 Å². The van der Waals surface area contributed by atoms with Crippen LogP contribution in [0.15, 0.2) is 0 Å². The number of hydrogen-bond acceptors (Lipinski definition) is 2. The molecule has 0 aromatic carbocycles. The zero-order valence-electron chi connectivity index (χ0n) is 13.2. The van der Waals surface area contributed by atoms with Crippen molar-refractivity contribution >= 4 is 5.91 Å². The van der Waals surface area contributed by atoms with Crippen molar-refractivity contribution < 1.29 is 18.0 Å². The SMILES string of the molecule is CCCC1NC(CC(C)C)C(=O)N1CCCCC(F)(F)F. The summed E-state index contributed by atoms with van der Waals surface area (Å²) in [5, 5.41) is 3.33. The van der Waals surface area contributed by atoms with Gasteiger partial charge in [-0.05, 0) is 31.6 Å². The molecule has 1 rings (SSSR count). The molecule has 0 aromatic rings.